The van der Waals surface area contributed by atoms with E-state index in [-0.39, 0.29) is 5.91 Å². The van der Waals surface area contributed by atoms with Crippen LogP contribution in [0.4, 0.5) is 5.82 Å². The number of ether oxygens (including phenoxy) is 1. The first-order valence-electron chi connectivity index (χ1n) is 7.81. The van der Waals surface area contributed by atoms with E-state index < -0.39 is 0 Å². The molecule has 1 amide bonds. The third-order valence-electron chi connectivity index (χ3n) is 3.60. The number of aryl methyl sites for hydroxylation is 1. The second-order valence-corrected chi connectivity index (χ2v) is 5.45. The van der Waals surface area contributed by atoms with Crippen molar-refractivity contribution < 1.29 is 9.53 Å². The Hall–Kier alpha value is -1.62. The van der Waals surface area contributed by atoms with Gasteiger partial charge < -0.3 is 15.4 Å². The number of rotatable bonds is 6. The zero-order valence-corrected chi connectivity index (χ0v) is 12.9. The summed E-state index contributed by atoms with van der Waals surface area (Å²) in [6.07, 6.45) is 4.68. The number of carbonyl (C=O) groups excluding carboxylic acids is 1. The Morgan fingerprint density at radius 2 is 2.29 bits per heavy atom. The molecule has 0 aromatic carbocycles. The summed E-state index contributed by atoms with van der Waals surface area (Å²) in [7, 11) is 0. The third kappa shape index (κ3) is 5.01. The van der Waals surface area contributed by atoms with Crippen LogP contribution in [0.5, 0.6) is 0 Å². The van der Waals surface area contributed by atoms with Crippen molar-refractivity contribution in [1.29, 1.82) is 0 Å². The lowest BCUT2D eigenvalue weighted by Gasteiger charge is -2.22. The molecule has 2 heterocycles. The number of nitrogens with zero attached hydrogens (tertiary/aromatic N) is 1. The summed E-state index contributed by atoms with van der Waals surface area (Å²) in [5.41, 5.74) is 1.50. The van der Waals surface area contributed by atoms with Gasteiger partial charge in [-0.3, -0.25) is 4.79 Å². The minimum Gasteiger partial charge on any atom is -0.378 e. The number of anilines is 1. The molecule has 5 nitrogen and oxygen atoms in total. The second kappa shape index (κ2) is 7.98. The molecule has 21 heavy (non-hydrogen) atoms. The number of pyridine rings is 1. The zero-order chi connectivity index (χ0) is 15.1. The molecule has 5 heteroatoms. The first-order chi connectivity index (χ1) is 10.2. The second-order valence-electron chi connectivity index (χ2n) is 5.45. The fourth-order valence-corrected chi connectivity index (χ4v) is 2.56. The van der Waals surface area contributed by atoms with Gasteiger partial charge in [0.1, 0.15) is 5.82 Å². The third-order valence-corrected chi connectivity index (χ3v) is 3.60. The van der Waals surface area contributed by atoms with Crippen LogP contribution < -0.4 is 10.6 Å². The summed E-state index contributed by atoms with van der Waals surface area (Å²) in [5, 5.41) is 6.11. The van der Waals surface area contributed by atoms with Crippen LogP contribution in [0.1, 0.15) is 48.7 Å². The lowest BCUT2D eigenvalue weighted by Crippen LogP contribution is -2.29. The molecule has 116 valence electrons. The molecule has 0 saturated carbocycles. The quantitative estimate of drug-likeness (QED) is 0.845. The van der Waals surface area contributed by atoms with E-state index in [1.807, 2.05) is 19.9 Å². The first kappa shape index (κ1) is 15.8. The Morgan fingerprint density at radius 3 is 3.00 bits per heavy atom. The molecular formula is C16H25N3O2. The van der Waals surface area contributed by atoms with Gasteiger partial charge >= 0.3 is 0 Å². The highest BCUT2D eigenvalue weighted by molar-refractivity contribution is 5.94. The standard InChI is InChI=1S/C16H25N3O2/c1-3-17-15-11-13(10-12(2)19-15)16(20)18-8-7-14-6-4-5-9-21-14/h10-11,14H,3-9H2,1-2H3,(H,17,19)(H,18,20). The maximum absolute atomic E-state index is 12.2. The highest BCUT2D eigenvalue weighted by atomic mass is 16.5. The van der Waals surface area contributed by atoms with Crippen molar-refractivity contribution in [2.45, 2.75) is 45.6 Å². The van der Waals surface area contributed by atoms with Crippen molar-refractivity contribution in [3.05, 3.63) is 23.4 Å². The van der Waals surface area contributed by atoms with Crippen molar-refractivity contribution in [1.82, 2.24) is 10.3 Å². The maximum Gasteiger partial charge on any atom is 0.251 e. The normalized spacial score (nSPS) is 18.3. The molecule has 1 saturated heterocycles. The van der Waals surface area contributed by atoms with E-state index in [0.717, 1.165) is 43.9 Å². The van der Waals surface area contributed by atoms with Crippen molar-refractivity contribution in [3.63, 3.8) is 0 Å². The SMILES string of the molecule is CCNc1cc(C(=O)NCCC2CCCCO2)cc(C)n1. The number of aromatic nitrogens is 1. The van der Waals surface area contributed by atoms with Gasteiger partial charge in [-0.2, -0.15) is 0 Å². The fourth-order valence-electron chi connectivity index (χ4n) is 2.56. The van der Waals surface area contributed by atoms with Crippen LogP contribution in [0.25, 0.3) is 0 Å². The molecule has 2 N–H and O–H groups in total. The van der Waals surface area contributed by atoms with Gasteiger partial charge in [0.25, 0.3) is 5.91 Å². The van der Waals surface area contributed by atoms with Crippen LogP contribution in [0.2, 0.25) is 0 Å². The molecule has 1 aliphatic heterocycles. The van der Waals surface area contributed by atoms with Gasteiger partial charge in [0.2, 0.25) is 0 Å². The molecule has 0 spiro atoms. The van der Waals surface area contributed by atoms with Crippen molar-refractivity contribution in [2.75, 3.05) is 25.0 Å². The summed E-state index contributed by atoms with van der Waals surface area (Å²) in [6.45, 7) is 6.20. The average molecular weight is 291 g/mol. The van der Waals surface area contributed by atoms with Crippen LogP contribution in [0, 0.1) is 6.92 Å². The summed E-state index contributed by atoms with van der Waals surface area (Å²) in [6, 6.07) is 3.61. The lowest BCUT2D eigenvalue weighted by atomic mass is 10.1. The predicted molar refractivity (Wildman–Crippen MR) is 83.7 cm³/mol. The van der Waals surface area contributed by atoms with E-state index in [1.165, 1.54) is 6.42 Å². The van der Waals surface area contributed by atoms with Gasteiger partial charge in [-0.15, -0.1) is 0 Å². The van der Waals surface area contributed by atoms with E-state index in [4.69, 9.17) is 4.74 Å². The summed E-state index contributed by atoms with van der Waals surface area (Å²) in [4.78, 5) is 16.5. The van der Waals surface area contributed by atoms with Crippen molar-refractivity contribution in [3.8, 4) is 0 Å². The Morgan fingerprint density at radius 1 is 1.43 bits per heavy atom. The van der Waals surface area contributed by atoms with Gasteiger partial charge in [0.05, 0.1) is 6.10 Å². The molecule has 1 aromatic rings. The summed E-state index contributed by atoms with van der Waals surface area (Å²) in [5.74, 6) is 0.703. The lowest BCUT2D eigenvalue weighted by molar-refractivity contribution is 0.0117. The van der Waals surface area contributed by atoms with Crippen LogP contribution in [0.15, 0.2) is 12.1 Å². The van der Waals surface area contributed by atoms with E-state index in [1.54, 1.807) is 6.07 Å². The molecule has 2 rings (SSSR count). The number of hydrogen-bond acceptors (Lipinski definition) is 4. The van der Waals surface area contributed by atoms with Crippen LogP contribution in [-0.2, 0) is 4.74 Å². The summed E-state index contributed by atoms with van der Waals surface area (Å²) < 4.78 is 5.66. The van der Waals surface area contributed by atoms with E-state index in [9.17, 15) is 4.79 Å². The summed E-state index contributed by atoms with van der Waals surface area (Å²) >= 11 is 0. The smallest absolute Gasteiger partial charge is 0.251 e. The minimum atomic E-state index is -0.0459. The van der Waals surface area contributed by atoms with E-state index in [0.29, 0.717) is 18.2 Å². The van der Waals surface area contributed by atoms with Crippen molar-refractivity contribution >= 4 is 11.7 Å². The highest BCUT2D eigenvalue weighted by Crippen LogP contribution is 2.15. The van der Waals surface area contributed by atoms with Crippen LogP contribution in [-0.4, -0.2) is 36.7 Å². The molecule has 1 aromatic heterocycles. The van der Waals surface area contributed by atoms with Gasteiger partial charge in [0, 0.05) is 31.0 Å². The highest BCUT2D eigenvalue weighted by Gasteiger charge is 2.14. The van der Waals surface area contributed by atoms with Gasteiger partial charge in [0.15, 0.2) is 0 Å². The zero-order valence-electron chi connectivity index (χ0n) is 12.9. The maximum atomic E-state index is 12.2. The van der Waals surface area contributed by atoms with E-state index >= 15 is 0 Å². The molecule has 1 unspecified atom stereocenters. The topological polar surface area (TPSA) is 63.2 Å². The Kier molecular flexibility index (Phi) is 5.99. The molecule has 1 atom stereocenters. The molecular weight excluding hydrogens is 266 g/mol. The molecule has 0 radical (unpaired) electrons. The molecule has 0 bridgehead atoms. The van der Waals surface area contributed by atoms with Crippen LogP contribution >= 0.6 is 0 Å². The monoisotopic (exact) mass is 291 g/mol. The Bertz CT molecular complexity index is 471. The van der Waals surface area contributed by atoms with Crippen LogP contribution in [0.3, 0.4) is 0 Å². The van der Waals surface area contributed by atoms with E-state index in [2.05, 4.69) is 15.6 Å². The largest absolute Gasteiger partial charge is 0.378 e. The minimum absolute atomic E-state index is 0.0459. The van der Waals surface area contributed by atoms with Gasteiger partial charge in [-0.25, -0.2) is 4.98 Å². The fraction of sp³-hybridized carbons (Fsp3) is 0.625. The number of hydrogen-bond donors (Lipinski definition) is 2. The Balaban J connectivity index is 1.84. The predicted octanol–water partition coefficient (Wildman–Crippen LogP) is 2.51. The Labute approximate surface area is 126 Å². The number of amides is 1. The first-order valence-corrected chi connectivity index (χ1v) is 7.81. The molecule has 1 fully saturated rings. The van der Waals surface area contributed by atoms with Gasteiger partial charge in [-0.05, 0) is 51.7 Å². The average Bonchev–Trinajstić information content (AvgIpc) is 2.48. The van der Waals surface area contributed by atoms with Crippen molar-refractivity contribution in [2.24, 2.45) is 0 Å². The number of nitrogens with one attached hydrogen (secondary N) is 2. The van der Waals surface area contributed by atoms with Gasteiger partial charge in [-0.1, -0.05) is 0 Å². The number of carbonyl (C=O) groups is 1. The molecule has 1 aliphatic rings. The molecule has 0 aliphatic carbocycles.